The molecule has 0 unspecified atom stereocenters. The van der Waals surface area contributed by atoms with Crippen LogP contribution in [0.2, 0.25) is 0 Å². The van der Waals surface area contributed by atoms with E-state index in [0.29, 0.717) is 5.69 Å². The van der Waals surface area contributed by atoms with Gasteiger partial charge in [0, 0.05) is 6.54 Å². The first-order chi connectivity index (χ1) is 4.34. The minimum atomic E-state index is -0.604. The van der Waals surface area contributed by atoms with E-state index in [-0.39, 0.29) is 6.54 Å². The molecule has 0 aliphatic carbocycles. The number of nitrogens with zero attached hydrogens (tertiary/aromatic N) is 1. The Labute approximate surface area is 52.7 Å². The lowest BCUT2D eigenvalue weighted by atomic mass is 10.3. The van der Waals surface area contributed by atoms with Crippen LogP contribution in [0, 0.1) is 0 Å². The molecule has 0 aromatic carbocycles. The Morgan fingerprint density at radius 1 is 1.89 bits per heavy atom. The van der Waals surface area contributed by atoms with Gasteiger partial charge in [0.1, 0.15) is 6.10 Å². The third kappa shape index (κ3) is 1.28. The minimum Gasteiger partial charge on any atom is -0.386 e. The molecule has 1 aromatic heterocycles. The molecule has 0 spiro atoms. The van der Waals surface area contributed by atoms with Crippen molar-refractivity contribution in [1.29, 1.82) is 0 Å². The van der Waals surface area contributed by atoms with Crippen molar-refractivity contribution < 1.29 is 5.11 Å². The Morgan fingerprint density at radius 3 is 3.11 bits per heavy atom. The molecule has 0 fully saturated rings. The highest BCUT2D eigenvalue weighted by Crippen LogP contribution is 2.03. The van der Waals surface area contributed by atoms with Gasteiger partial charge in [0.25, 0.3) is 0 Å². The minimum absolute atomic E-state index is 0.224. The van der Waals surface area contributed by atoms with Crippen molar-refractivity contribution in [3.05, 3.63) is 18.2 Å². The number of nitrogens with one attached hydrogen (secondary N) is 1. The number of aromatic nitrogens is 2. The predicted molar refractivity (Wildman–Crippen MR) is 32.6 cm³/mol. The maximum Gasteiger partial charge on any atom is 0.107 e. The Morgan fingerprint density at radius 2 is 2.67 bits per heavy atom. The zero-order valence-electron chi connectivity index (χ0n) is 4.91. The molecule has 1 atom stereocenters. The van der Waals surface area contributed by atoms with Crippen LogP contribution in [-0.4, -0.2) is 21.6 Å². The number of aliphatic hydroxyl groups is 1. The molecular weight excluding hydrogens is 118 g/mol. The van der Waals surface area contributed by atoms with Crippen LogP contribution in [0.3, 0.4) is 0 Å². The molecule has 1 rings (SSSR count). The van der Waals surface area contributed by atoms with E-state index >= 15 is 0 Å². The highest BCUT2D eigenvalue weighted by molar-refractivity contribution is 4.98. The summed E-state index contributed by atoms with van der Waals surface area (Å²) in [6.07, 6.45) is 2.46. The summed E-state index contributed by atoms with van der Waals surface area (Å²) in [4.78, 5) is 6.47. The fraction of sp³-hybridized carbons (Fsp3) is 0.400. The van der Waals surface area contributed by atoms with Crippen LogP contribution in [0.5, 0.6) is 0 Å². The van der Waals surface area contributed by atoms with Gasteiger partial charge in [0.05, 0.1) is 18.2 Å². The van der Waals surface area contributed by atoms with Crippen molar-refractivity contribution >= 4 is 0 Å². The molecule has 0 saturated carbocycles. The Kier molecular flexibility index (Phi) is 1.81. The number of hydrogen-bond donors (Lipinski definition) is 3. The molecule has 4 heteroatoms. The zero-order chi connectivity index (χ0) is 6.69. The van der Waals surface area contributed by atoms with Crippen LogP contribution >= 0.6 is 0 Å². The third-order valence-corrected chi connectivity index (χ3v) is 1.10. The third-order valence-electron chi connectivity index (χ3n) is 1.10. The van der Waals surface area contributed by atoms with Gasteiger partial charge in [-0.3, -0.25) is 0 Å². The first-order valence-corrected chi connectivity index (χ1v) is 2.71. The first-order valence-electron chi connectivity index (χ1n) is 2.71. The van der Waals surface area contributed by atoms with Gasteiger partial charge in [-0.2, -0.15) is 0 Å². The summed E-state index contributed by atoms with van der Waals surface area (Å²) in [5.74, 6) is 0. The number of imidazole rings is 1. The molecular formula is C5H9N3O. The van der Waals surface area contributed by atoms with Crippen LogP contribution in [0.25, 0.3) is 0 Å². The molecule has 0 amide bonds. The second kappa shape index (κ2) is 2.61. The topological polar surface area (TPSA) is 74.9 Å². The smallest absolute Gasteiger partial charge is 0.107 e. The lowest BCUT2D eigenvalue weighted by Gasteiger charge is -2.01. The maximum absolute atomic E-state index is 9.02. The van der Waals surface area contributed by atoms with Crippen LogP contribution in [0.4, 0.5) is 0 Å². The Bertz CT molecular complexity index is 161. The molecule has 0 aliphatic rings. The van der Waals surface area contributed by atoms with E-state index in [1.807, 2.05) is 0 Å². The molecule has 0 bridgehead atoms. The van der Waals surface area contributed by atoms with E-state index in [2.05, 4.69) is 9.97 Å². The first kappa shape index (κ1) is 6.25. The molecule has 1 aromatic rings. The summed E-state index contributed by atoms with van der Waals surface area (Å²) in [5, 5.41) is 9.02. The van der Waals surface area contributed by atoms with Gasteiger partial charge in [-0.05, 0) is 0 Å². The second-order valence-corrected chi connectivity index (χ2v) is 1.76. The molecule has 50 valence electrons. The predicted octanol–water partition coefficient (Wildman–Crippen LogP) is -0.598. The van der Waals surface area contributed by atoms with Gasteiger partial charge < -0.3 is 15.8 Å². The van der Waals surface area contributed by atoms with Gasteiger partial charge >= 0.3 is 0 Å². The van der Waals surface area contributed by atoms with Crippen molar-refractivity contribution in [2.45, 2.75) is 6.10 Å². The van der Waals surface area contributed by atoms with E-state index in [1.165, 1.54) is 6.33 Å². The van der Waals surface area contributed by atoms with Gasteiger partial charge in [0.15, 0.2) is 0 Å². The van der Waals surface area contributed by atoms with E-state index in [0.717, 1.165) is 0 Å². The molecule has 0 radical (unpaired) electrons. The molecule has 0 aliphatic heterocycles. The number of hydrogen-bond acceptors (Lipinski definition) is 3. The Balaban J connectivity index is 2.65. The summed E-state index contributed by atoms with van der Waals surface area (Å²) in [6, 6.07) is 0. The average molecular weight is 127 g/mol. The van der Waals surface area contributed by atoms with Gasteiger partial charge in [0.2, 0.25) is 0 Å². The fourth-order valence-corrected chi connectivity index (χ4v) is 0.576. The highest BCUT2D eigenvalue weighted by atomic mass is 16.3. The molecule has 4 nitrogen and oxygen atoms in total. The second-order valence-electron chi connectivity index (χ2n) is 1.76. The quantitative estimate of drug-likeness (QED) is 0.496. The summed E-state index contributed by atoms with van der Waals surface area (Å²) in [5.41, 5.74) is 5.83. The monoisotopic (exact) mass is 127 g/mol. The molecule has 1 heterocycles. The van der Waals surface area contributed by atoms with Gasteiger partial charge in [-0.1, -0.05) is 0 Å². The van der Waals surface area contributed by atoms with Crippen LogP contribution in [-0.2, 0) is 0 Å². The van der Waals surface area contributed by atoms with E-state index in [4.69, 9.17) is 10.8 Å². The maximum atomic E-state index is 9.02. The van der Waals surface area contributed by atoms with Crippen LogP contribution in [0.15, 0.2) is 12.5 Å². The summed E-state index contributed by atoms with van der Waals surface area (Å²) in [7, 11) is 0. The average Bonchev–Trinajstić information content (AvgIpc) is 2.37. The van der Waals surface area contributed by atoms with Gasteiger partial charge in [-0.15, -0.1) is 0 Å². The van der Waals surface area contributed by atoms with Crippen molar-refractivity contribution in [1.82, 2.24) is 9.97 Å². The largest absolute Gasteiger partial charge is 0.386 e. The molecule has 0 saturated heterocycles. The fourth-order valence-electron chi connectivity index (χ4n) is 0.576. The van der Waals surface area contributed by atoms with Crippen LogP contribution in [0.1, 0.15) is 11.8 Å². The summed E-state index contributed by atoms with van der Waals surface area (Å²) in [6.45, 7) is 0.224. The lowest BCUT2D eigenvalue weighted by Crippen LogP contribution is -2.11. The zero-order valence-corrected chi connectivity index (χ0v) is 4.91. The number of aliphatic hydroxyl groups excluding tert-OH is 1. The van der Waals surface area contributed by atoms with E-state index in [1.54, 1.807) is 6.20 Å². The summed E-state index contributed by atoms with van der Waals surface area (Å²) >= 11 is 0. The number of rotatable bonds is 2. The van der Waals surface area contributed by atoms with Crippen molar-refractivity contribution in [3.63, 3.8) is 0 Å². The molecule has 9 heavy (non-hydrogen) atoms. The van der Waals surface area contributed by atoms with Crippen molar-refractivity contribution in [2.24, 2.45) is 5.73 Å². The molecule has 4 N–H and O–H groups in total. The number of nitrogens with two attached hydrogens (primary N) is 1. The van der Waals surface area contributed by atoms with Crippen LogP contribution < -0.4 is 5.73 Å². The van der Waals surface area contributed by atoms with Gasteiger partial charge in [-0.25, -0.2) is 4.98 Å². The van der Waals surface area contributed by atoms with Crippen molar-refractivity contribution in [3.8, 4) is 0 Å². The Hall–Kier alpha value is -0.870. The van der Waals surface area contributed by atoms with Crippen molar-refractivity contribution in [2.75, 3.05) is 6.54 Å². The van der Waals surface area contributed by atoms with E-state index in [9.17, 15) is 0 Å². The normalized spacial score (nSPS) is 13.6. The summed E-state index contributed by atoms with van der Waals surface area (Å²) < 4.78 is 0. The van der Waals surface area contributed by atoms with E-state index < -0.39 is 6.10 Å². The lowest BCUT2D eigenvalue weighted by molar-refractivity contribution is 0.182. The number of H-pyrrole nitrogens is 1. The SMILES string of the molecule is NC[C@@H](O)c1cnc[nH]1. The number of aromatic amines is 1. The standard InChI is InChI=1S/C5H9N3O/c6-1-5(9)4-2-7-3-8-4/h2-3,5,9H,1,6H2,(H,7,8)/t5-/m1/s1. The highest BCUT2D eigenvalue weighted by Gasteiger charge is 2.03.